The second-order valence-electron chi connectivity index (χ2n) is 10.7. The maximum absolute atomic E-state index is 2.40. The first-order valence-corrected chi connectivity index (χ1v) is 13.9. The van der Waals surface area contributed by atoms with Gasteiger partial charge in [0.15, 0.2) is 0 Å². The topological polar surface area (TPSA) is 0 Å². The maximum Gasteiger partial charge on any atom is -0.00262 e. The van der Waals surface area contributed by atoms with E-state index >= 15 is 0 Å². The molecule has 0 saturated heterocycles. The van der Waals surface area contributed by atoms with Crippen LogP contribution in [0.4, 0.5) is 0 Å². The Morgan fingerprint density at radius 3 is 1.20 bits per heavy atom. The second-order valence-corrected chi connectivity index (χ2v) is 10.7. The standard InChI is InChI=1S/C40H30/c1-27-12-16-32(17-13-27)39-35-10-6-7-11-36(35)40(33-18-14-28(2)15-19-33)38-26-34(24-25-37(38)39)31-22-20-30(21-23-31)29-8-4-3-5-9-29/h3-26H,1-2H3. The molecule has 0 aliphatic carbocycles. The molecule has 0 unspecified atom stereocenters. The van der Waals surface area contributed by atoms with Crippen LogP contribution in [-0.4, -0.2) is 0 Å². The number of hydrogen-bond acceptors (Lipinski definition) is 0. The van der Waals surface area contributed by atoms with E-state index in [1.165, 1.54) is 77.2 Å². The molecule has 7 aromatic rings. The highest BCUT2D eigenvalue weighted by atomic mass is 14.2. The highest BCUT2D eigenvalue weighted by Gasteiger charge is 2.17. The molecule has 0 fully saturated rings. The molecule has 40 heavy (non-hydrogen) atoms. The third kappa shape index (κ3) is 4.28. The van der Waals surface area contributed by atoms with Crippen LogP contribution in [0.15, 0.2) is 146 Å². The van der Waals surface area contributed by atoms with Gasteiger partial charge in [0, 0.05) is 0 Å². The molecule has 7 aromatic carbocycles. The van der Waals surface area contributed by atoms with E-state index in [9.17, 15) is 0 Å². The minimum Gasteiger partial charge on any atom is -0.0622 e. The van der Waals surface area contributed by atoms with Crippen LogP contribution in [0.25, 0.3) is 66.1 Å². The minimum atomic E-state index is 1.22. The fraction of sp³-hybridized carbons (Fsp3) is 0.0500. The maximum atomic E-state index is 2.40. The van der Waals surface area contributed by atoms with Gasteiger partial charge >= 0.3 is 0 Å². The van der Waals surface area contributed by atoms with Crippen molar-refractivity contribution in [3.05, 3.63) is 157 Å². The zero-order valence-corrected chi connectivity index (χ0v) is 22.9. The van der Waals surface area contributed by atoms with Crippen molar-refractivity contribution < 1.29 is 0 Å². The summed E-state index contributed by atoms with van der Waals surface area (Å²) in [5.74, 6) is 0. The van der Waals surface area contributed by atoms with E-state index in [1.54, 1.807) is 0 Å². The van der Waals surface area contributed by atoms with Crippen molar-refractivity contribution in [1.82, 2.24) is 0 Å². The lowest BCUT2D eigenvalue weighted by Gasteiger charge is -2.19. The average Bonchev–Trinajstić information content (AvgIpc) is 3.01. The normalized spacial score (nSPS) is 11.2. The third-order valence-corrected chi connectivity index (χ3v) is 8.03. The summed E-state index contributed by atoms with van der Waals surface area (Å²) in [6.07, 6.45) is 0. The summed E-state index contributed by atoms with van der Waals surface area (Å²) in [5.41, 5.74) is 12.6. The van der Waals surface area contributed by atoms with E-state index in [4.69, 9.17) is 0 Å². The van der Waals surface area contributed by atoms with E-state index in [2.05, 4.69) is 159 Å². The highest BCUT2D eigenvalue weighted by molar-refractivity contribution is 6.21. The highest BCUT2D eigenvalue weighted by Crippen LogP contribution is 2.44. The molecule has 0 heteroatoms. The lowest BCUT2D eigenvalue weighted by molar-refractivity contribution is 1.47. The van der Waals surface area contributed by atoms with Crippen molar-refractivity contribution >= 4 is 21.5 Å². The Kier molecular flexibility index (Phi) is 6.02. The van der Waals surface area contributed by atoms with Crippen molar-refractivity contribution in [2.75, 3.05) is 0 Å². The van der Waals surface area contributed by atoms with E-state index in [0.29, 0.717) is 0 Å². The molecule has 0 spiro atoms. The van der Waals surface area contributed by atoms with Crippen LogP contribution in [0.3, 0.4) is 0 Å². The van der Waals surface area contributed by atoms with Crippen LogP contribution in [0.2, 0.25) is 0 Å². The summed E-state index contributed by atoms with van der Waals surface area (Å²) in [5, 5.41) is 5.13. The Labute approximate surface area is 236 Å². The van der Waals surface area contributed by atoms with Crippen LogP contribution in [0.5, 0.6) is 0 Å². The van der Waals surface area contributed by atoms with Crippen LogP contribution >= 0.6 is 0 Å². The molecular weight excluding hydrogens is 480 g/mol. The van der Waals surface area contributed by atoms with Gasteiger partial charge in [0.1, 0.15) is 0 Å². The molecule has 0 aliphatic heterocycles. The smallest absolute Gasteiger partial charge is 0.00262 e. The quantitative estimate of drug-likeness (QED) is 0.207. The van der Waals surface area contributed by atoms with Crippen molar-refractivity contribution in [1.29, 1.82) is 0 Å². The molecule has 0 bridgehead atoms. The van der Waals surface area contributed by atoms with E-state index in [1.807, 2.05) is 0 Å². The zero-order chi connectivity index (χ0) is 27.1. The number of fused-ring (bicyclic) bond motifs is 2. The summed E-state index contributed by atoms with van der Waals surface area (Å²) in [6, 6.07) is 53.3. The van der Waals surface area contributed by atoms with E-state index in [-0.39, 0.29) is 0 Å². The van der Waals surface area contributed by atoms with Gasteiger partial charge in [-0.1, -0.05) is 151 Å². The SMILES string of the molecule is Cc1ccc(-c2c3ccccc3c(-c3ccc(C)cc3)c3cc(-c4ccc(-c5ccccc5)cc4)ccc23)cc1. The fourth-order valence-corrected chi connectivity index (χ4v) is 5.91. The zero-order valence-electron chi connectivity index (χ0n) is 22.9. The van der Waals surface area contributed by atoms with Crippen LogP contribution in [0.1, 0.15) is 11.1 Å². The van der Waals surface area contributed by atoms with Gasteiger partial charge in [-0.3, -0.25) is 0 Å². The molecule has 0 N–H and O–H groups in total. The molecule has 0 radical (unpaired) electrons. The molecule has 0 nitrogen and oxygen atoms in total. The Balaban J connectivity index is 1.50. The van der Waals surface area contributed by atoms with Gasteiger partial charge in [0.25, 0.3) is 0 Å². The van der Waals surface area contributed by atoms with Crippen LogP contribution < -0.4 is 0 Å². The first kappa shape index (κ1) is 24.1. The van der Waals surface area contributed by atoms with Gasteiger partial charge < -0.3 is 0 Å². The van der Waals surface area contributed by atoms with Crippen LogP contribution in [-0.2, 0) is 0 Å². The predicted molar refractivity (Wildman–Crippen MR) is 173 cm³/mol. The second kappa shape index (κ2) is 9.98. The fourth-order valence-electron chi connectivity index (χ4n) is 5.91. The van der Waals surface area contributed by atoms with Crippen molar-refractivity contribution in [3.63, 3.8) is 0 Å². The summed E-state index contributed by atoms with van der Waals surface area (Å²) in [7, 11) is 0. The van der Waals surface area contributed by atoms with Gasteiger partial charge in [-0.25, -0.2) is 0 Å². The Bertz CT molecular complexity index is 1960. The molecule has 0 atom stereocenters. The van der Waals surface area contributed by atoms with Crippen molar-refractivity contribution in [3.8, 4) is 44.5 Å². The number of aryl methyl sites for hydroxylation is 2. The van der Waals surface area contributed by atoms with Gasteiger partial charge in [-0.05, 0) is 86.0 Å². The van der Waals surface area contributed by atoms with Gasteiger partial charge in [0.2, 0.25) is 0 Å². The first-order valence-electron chi connectivity index (χ1n) is 13.9. The monoisotopic (exact) mass is 510 g/mol. The van der Waals surface area contributed by atoms with E-state index < -0.39 is 0 Å². The summed E-state index contributed by atoms with van der Waals surface area (Å²) < 4.78 is 0. The lowest BCUT2D eigenvalue weighted by atomic mass is 9.84. The van der Waals surface area contributed by atoms with Crippen LogP contribution in [0, 0.1) is 13.8 Å². The third-order valence-electron chi connectivity index (χ3n) is 8.03. The van der Waals surface area contributed by atoms with Crippen molar-refractivity contribution in [2.45, 2.75) is 13.8 Å². The van der Waals surface area contributed by atoms with Gasteiger partial charge in [-0.2, -0.15) is 0 Å². The first-order chi connectivity index (χ1) is 19.7. The summed E-state index contributed by atoms with van der Waals surface area (Å²) in [6.45, 7) is 4.30. The molecule has 0 amide bonds. The molecule has 0 saturated carbocycles. The molecular formula is C40H30. The molecule has 7 rings (SSSR count). The molecule has 0 aliphatic rings. The average molecular weight is 511 g/mol. The Hall–Kier alpha value is -4.94. The minimum absolute atomic E-state index is 1.22. The van der Waals surface area contributed by atoms with Gasteiger partial charge in [0.05, 0.1) is 0 Å². The molecule has 0 heterocycles. The Morgan fingerprint density at radius 2 is 0.650 bits per heavy atom. The molecule has 0 aromatic heterocycles. The molecule has 190 valence electrons. The predicted octanol–water partition coefficient (Wildman–Crippen LogP) is 11.3. The largest absolute Gasteiger partial charge is 0.0622 e. The lowest BCUT2D eigenvalue weighted by Crippen LogP contribution is -1.92. The number of benzene rings is 7. The van der Waals surface area contributed by atoms with Gasteiger partial charge in [-0.15, -0.1) is 0 Å². The number of rotatable bonds is 4. The summed E-state index contributed by atoms with van der Waals surface area (Å²) in [4.78, 5) is 0. The van der Waals surface area contributed by atoms with E-state index in [0.717, 1.165) is 0 Å². The Morgan fingerprint density at radius 1 is 0.275 bits per heavy atom. The number of hydrogen-bond donors (Lipinski definition) is 0. The van der Waals surface area contributed by atoms with Crippen molar-refractivity contribution in [2.24, 2.45) is 0 Å². The summed E-state index contributed by atoms with van der Waals surface area (Å²) >= 11 is 0.